The van der Waals surface area contributed by atoms with Crippen molar-refractivity contribution in [3.63, 3.8) is 0 Å². The fourth-order valence-corrected chi connectivity index (χ4v) is 3.44. The van der Waals surface area contributed by atoms with E-state index in [1.165, 1.54) is 32.1 Å². The second-order valence-corrected chi connectivity index (χ2v) is 5.30. The molecule has 2 fully saturated rings. The van der Waals surface area contributed by atoms with Gasteiger partial charge in [-0.25, -0.2) is 9.78 Å². The van der Waals surface area contributed by atoms with Gasteiger partial charge < -0.3 is 10.0 Å². The van der Waals surface area contributed by atoms with E-state index in [2.05, 4.69) is 9.88 Å². The molecule has 1 aliphatic heterocycles. The quantitative estimate of drug-likeness (QED) is 0.871. The SMILES string of the molecule is O=C(O)c1cc(N2CCC3CCCCC32)ccn1. The summed E-state index contributed by atoms with van der Waals surface area (Å²) in [5.41, 5.74) is 1.17. The second kappa shape index (κ2) is 4.59. The molecule has 0 spiro atoms. The van der Waals surface area contributed by atoms with Gasteiger partial charge in [0.2, 0.25) is 0 Å². The van der Waals surface area contributed by atoms with Crippen molar-refractivity contribution in [2.75, 3.05) is 11.4 Å². The van der Waals surface area contributed by atoms with Crippen LogP contribution in [-0.4, -0.2) is 28.6 Å². The second-order valence-electron chi connectivity index (χ2n) is 5.30. The molecule has 1 aromatic heterocycles. The van der Waals surface area contributed by atoms with Gasteiger partial charge in [-0.3, -0.25) is 0 Å². The number of hydrogen-bond acceptors (Lipinski definition) is 3. The molecule has 4 nitrogen and oxygen atoms in total. The number of aromatic carboxylic acids is 1. The average molecular weight is 246 g/mol. The van der Waals surface area contributed by atoms with Crippen LogP contribution in [0.3, 0.4) is 0 Å². The van der Waals surface area contributed by atoms with E-state index < -0.39 is 5.97 Å². The number of pyridine rings is 1. The summed E-state index contributed by atoms with van der Waals surface area (Å²) < 4.78 is 0. The Morgan fingerprint density at radius 3 is 3.00 bits per heavy atom. The maximum atomic E-state index is 11.0. The number of aromatic nitrogens is 1. The third-order valence-corrected chi connectivity index (χ3v) is 4.30. The summed E-state index contributed by atoms with van der Waals surface area (Å²) in [6, 6.07) is 4.26. The van der Waals surface area contributed by atoms with Crippen molar-refractivity contribution in [3.05, 3.63) is 24.0 Å². The Morgan fingerprint density at radius 2 is 2.17 bits per heavy atom. The number of carboxylic acid groups (broad SMARTS) is 1. The van der Waals surface area contributed by atoms with Gasteiger partial charge in [-0.2, -0.15) is 0 Å². The molecule has 18 heavy (non-hydrogen) atoms. The molecule has 2 aliphatic rings. The molecular weight excluding hydrogens is 228 g/mol. The Labute approximate surface area is 107 Å². The molecule has 2 unspecified atom stereocenters. The van der Waals surface area contributed by atoms with Gasteiger partial charge in [0.25, 0.3) is 0 Å². The Kier molecular flexibility index (Phi) is 2.94. The van der Waals surface area contributed by atoms with Crippen LogP contribution < -0.4 is 4.90 Å². The van der Waals surface area contributed by atoms with Crippen LogP contribution in [0.4, 0.5) is 5.69 Å². The summed E-state index contributed by atoms with van der Waals surface area (Å²) in [6.07, 6.45) is 8.08. The summed E-state index contributed by atoms with van der Waals surface area (Å²) in [4.78, 5) is 17.2. The van der Waals surface area contributed by atoms with Crippen LogP contribution in [0, 0.1) is 5.92 Å². The minimum atomic E-state index is -0.948. The van der Waals surface area contributed by atoms with Gasteiger partial charge in [0.15, 0.2) is 0 Å². The maximum absolute atomic E-state index is 11.0. The highest BCUT2D eigenvalue weighted by molar-refractivity contribution is 5.86. The molecule has 1 saturated carbocycles. The van der Waals surface area contributed by atoms with Crippen LogP contribution >= 0.6 is 0 Å². The van der Waals surface area contributed by atoms with E-state index in [0.29, 0.717) is 6.04 Å². The number of anilines is 1. The van der Waals surface area contributed by atoms with E-state index >= 15 is 0 Å². The predicted molar refractivity (Wildman–Crippen MR) is 68.9 cm³/mol. The van der Waals surface area contributed by atoms with Gasteiger partial charge in [-0.05, 0) is 37.3 Å². The molecule has 0 aromatic carbocycles. The van der Waals surface area contributed by atoms with Crippen molar-refractivity contribution in [1.82, 2.24) is 4.98 Å². The normalized spacial score (nSPS) is 27.0. The first kappa shape index (κ1) is 11.5. The average Bonchev–Trinajstić information content (AvgIpc) is 2.82. The molecule has 0 amide bonds. The lowest BCUT2D eigenvalue weighted by Gasteiger charge is -2.33. The smallest absolute Gasteiger partial charge is 0.354 e. The van der Waals surface area contributed by atoms with Crippen LogP contribution in [0.1, 0.15) is 42.6 Å². The third kappa shape index (κ3) is 1.96. The monoisotopic (exact) mass is 246 g/mol. The van der Waals surface area contributed by atoms with Crippen LogP contribution in [-0.2, 0) is 0 Å². The van der Waals surface area contributed by atoms with E-state index in [4.69, 9.17) is 5.11 Å². The van der Waals surface area contributed by atoms with E-state index in [1.54, 1.807) is 12.3 Å². The van der Waals surface area contributed by atoms with Crippen molar-refractivity contribution < 1.29 is 9.90 Å². The molecule has 2 atom stereocenters. The first-order valence-electron chi connectivity index (χ1n) is 6.72. The van der Waals surface area contributed by atoms with Crippen molar-refractivity contribution in [1.29, 1.82) is 0 Å². The Bertz CT molecular complexity index is 461. The number of carboxylic acids is 1. The summed E-state index contributed by atoms with van der Waals surface area (Å²) in [5.74, 6) is -0.142. The highest BCUT2D eigenvalue weighted by Crippen LogP contribution is 2.38. The van der Waals surface area contributed by atoms with Gasteiger partial charge in [-0.1, -0.05) is 12.8 Å². The number of rotatable bonds is 2. The molecule has 1 aliphatic carbocycles. The largest absolute Gasteiger partial charge is 0.477 e. The lowest BCUT2D eigenvalue weighted by atomic mass is 9.85. The van der Waals surface area contributed by atoms with Crippen LogP contribution in [0.25, 0.3) is 0 Å². The van der Waals surface area contributed by atoms with Crippen molar-refractivity contribution in [2.45, 2.75) is 38.1 Å². The highest BCUT2D eigenvalue weighted by atomic mass is 16.4. The standard InChI is InChI=1S/C14H18N2O2/c17-14(18)12-9-11(5-7-15-12)16-8-6-10-3-1-2-4-13(10)16/h5,7,9-10,13H,1-4,6,8H2,(H,17,18). The van der Waals surface area contributed by atoms with Gasteiger partial charge >= 0.3 is 5.97 Å². The first-order chi connectivity index (χ1) is 8.75. The first-order valence-corrected chi connectivity index (χ1v) is 6.72. The Morgan fingerprint density at radius 1 is 1.33 bits per heavy atom. The van der Waals surface area contributed by atoms with Crippen LogP contribution in [0.5, 0.6) is 0 Å². The van der Waals surface area contributed by atoms with Crippen LogP contribution in [0.2, 0.25) is 0 Å². The molecule has 1 N–H and O–H groups in total. The fourth-order valence-electron chi connectivity index (χ4n) is 3.44. The predicted octanol–water partition coefficient (Wildman–Crippen LogP) is 2.55. The summed E-state index contributed by atoms with van der Waals surface area (Å²) in [7, 11) is 0. The topological polar surface area (TPSA) is 53.4 Å². The van der Waals surface area contributed by atoms with Gasteiger partial charge in [0.1, 0.15) is 5.69 Å². The van der Waals surface area contributed by atoms with E-state index in [0.717, 1.165) is 18.2 Å². The number of carbonyl (C=O) groups is 1. The summed E-state index contributed by atoms with van der Waals surface area (Å²) in [6.45, 7) is 1.05. The molecule has 0 bridgehead atoms. The van der Waals surface area contributed by atoms with Gasteiger partial charge in [0, 0.05) is 24.5 Å². The lowest BCUT2D eigenvalue weighted by molar-refractivity contribution is 0.0690. The van der Waals surface area contributed by atoms with E-state index in [9.17, 15) is 4.79 Å². The zero-order valence-corrected chi connectivity index (χ0v) is 10.4. The molecular formula is C14H18N2O2. The van der Waals surface area contributed by atoms with E-state index in [-0.39, 0.29) is 5.69 Å². The molecule has 1 aromatic rings. The Hall–Kier alpha value is -1.58. The number of hydrogen-bond donors (Lipinski definition) is 1. The fraction of sp³-hybridized carbons (Fsp3) is 0.571. The van der Waals surface area contributed by atoms with Crippen molar-refractivity contribution >= 4 is 11.7 Å². The highest BCUT2D eigenvalue weighted by Gasteiger charge is 2.35. The zero-order valence-electron chi connectivity index (χ0n) is 10.4. The number of nitrogens with zero attached hydrogens (tertiary/aromatic N) is 2. The van der Waals surface area contributed by atoms with E-state index in [1.807, 2.05) is 6.07 Å². The molecule has 96 valence electrons. The zero-order chi connectivity index (χ0) is 12.5. The summed E-state index contributed by atoms with van der Waals surface area (Å²) >= 11 is 0. The van der Waals surface area contributed by atoms with Gasteiger partial charge in [-0.15, -0.1) is 0 Å². The molecule has 1 saturated heterocycles. The maximum Gasteiger partial charge on any atom is 0.354 e. The minimum absolute atomic E-state index is 0.145. The van der Waals surface area contributed by atoms with Crippen molar-refractivity contribution in [3.8, 4) is 0 Å². The van der Waals surface area contributed by atoms with Crippen molar-refractivity contribution in [2.24, 2.45) is 5.92 Å². The minimum Gasteiger partial charge on any atom is -0.477 e. The Balaban J connectivity index is 1.86. The number of fused-ring (bicyclic) bond motifs is 1. The molecule has 4 heteroatoms. The summed E-state index contributed by atoms with van der Waals surface area (Å²) in [5, 5.41) is 9.00. The molecule has 3 rings (SSSR count). The molecule has 2 heterocycles. The third-order valence-electron chi connectivity index (χ3n) is 4.30. The van der Waals surface area contributed by atoms with Crippen LogP contribution in [0.15, 0.2) is 18.3 Å². The lowest BCUT2D eigenvalue weighted by Crippen LogP contribution is -2.34. The van der Waals surface area contributed by atoms with Gasteiger partial charge in [0.05, 0.1) is 0 Å². The molecule has 0 radical (unpaired) electrons.